The molecule has 0 spiro atoms. The largest absolute Gasteiger partial charge is 0.490 e. The van der Waals surface area contributed by atoms with E-state index in [9.17, 15) is 14.0 Å². The Bertz CT molecular complexity index is 970. The zero-order chi connectivity index (χ0) is 20.3. The van der Waals surface area contributed by atoms with Gasteiger partial charge in [-0.2, -0.15) is 9.37 Å². The second kappa shape index (κ2) is 8.57. The molecule has 3 rings (SSSR count). The summed E-state index contributed by atoms with van der Waals surface area (Å²) in [5.74, 6) is -0.912. The predicted molar refractivity (Wildman–Crippen MR) is 103 cm³/mol. The standard InChI is InChI=1S/C18H15ClFN3O4S/c1-3-23-16(24)14(28-18(23)25)8-10-5-6-12(13(7-10)26-4-2)27-15-11(20)9-21-17(19)22-15/h5-9H,3-4H2,1-2H3/b14-8+. The van der Waals surface area contributed by atoms with E-state index in [1.54, 1.807) is 38.1 Å². The molecule has 1 saturated heterocycles. The third kappa shape index (κ3) is 4.26. The number of rotatable bonds is 6. The maximum absolute atomic E-state index is 13.8. The molecule has 2 heterocycles. The number of carbonyl (C=O) groups excluding carboxylic acids is 2. The Labute approximate surface area is 169 Å². The van der Waals surface area contributed by atoms with Gasteiger partial charge in [0.1, 0.15) is 0 Å². The van der Waals surface area contributed by atoms with Gasteiger partial charge in [0.2, 0.25) is 11.1 Å². The molecule has 0 aliphatic carbocycles. The Hall–Kier alpha value is -2.65. The number of hydrogen-bond donors (Lipinski definition) is 0. The van der Waals surface area contributed by atoms with Gasteiger partial charge in [0, 0.05) is 6.54 Å². The van der Waals surface area contributed by atoms with Crippen LogP contribution in [-0.2, 0) is 4.79 Å². The van der Waals surface area contributed by atoms with Crippen molar-refractivity contribution in [2.24, 2.45) is 0 Å². The second-order valence-electron chi connectivity index (χ2n) is 5.46. The zero-order valence-corrected chi connectivity index (χ0v) is 16.5. The molecule has 28 heavy (non-hydrogen) atoms. The van der Waals surface area contributed by atoms with Crippen molar-refractivity contribution in [2.45, 2.75) is 13.8 Å². The third-order valence-corrected chi connectivity index (χ3v) is 4.73. The van der Waals surface area contributed by atoms with Crippen LogP contribution in [0, 0.1) is 5.82 Å². The fourth-order valence-electron chi connectivity index (χ4n) is 2.40. The SMILES string of the molecule is CCOc1cc(/C=C2/SC(=O)N(CC)C2=O)ccc1Oc1nc(Cl)ncc1F. The molecule has 7 nitrogen and oxygen atoms in total. The normalized spacial score (nSPS) is 15.4. The average molecular weight is 424 g/mol. The maximum Gasteiger partial charge on any atom is 0.293 e. The molecule has 1 aromatic heterocycles. The molecule has 1 fully saturated rings. The van der Waals surface area contributed by atoms with Crippen LogP contribution in [-0.4, -0.2) is 39.2 Å². The number of imide groups is 1. The van der Waals surface area contributed by atoms with Gasteiger partial charge in [0.15, 0.2) is 11.5 Å². The minimum absolute atomic E-state index is 0.155. The van der Waals surface area contributed by atoms with Crippen molar-refractivity contribution in [3.05, 3.63) is 46.0 Å². The van der Waals surface area contributed by atoms with Crippen LogP contribution >= 0.6 is 23.4 Å². The predicted octanol–water partition coefficient (Wildman–Crippen LogP) is 4.52. The maximum atomic E-state index is 13.8. The van der Waals surface area contributed by atoms with E-state index in [1.807, 2.05) is 0 Å². The molecule has 2 aromatic rings. The highest BCUT2D eigenvalue weighted by Crippen LogP contribution is 2.36. The monoisotopic (exact) mass is 423 g/mol. The molecular formula is C18H15ClFN3O4S. The number of benzene rings is 1. The van der Waals surface area contributed by atoms with E-state index in [0.717, 1.165) is 18.0 Å². The molecule has 0 N–H and O–H groups in total. The number of hydrogen-bond acceptors (Lipinski definition) is 7. The van der Waals surface area contributed by atoms with Crippen LogP contribution in [0.15, 0.2) is 29.3 Å². The minimum Gasteiger partial charge on any atom is -0.490 e. The highest BCUT2D eigenvalue weighted by molar-refractivity contribution is 8.18. The van der Waals surface area contributed by atoms with E-state index in [0.29, 0.717) is 29.4 Å². The summed E-state index contributed by atoms with van der Waals surface area (Å²) in [4.78, 5) is 32.8. The summed E-state index contributed by atoms with van der Waals surface area (Å²) in [7, 11) is 0. The minimum atomic E-state index is -0.774. The Morgan fingerprint density at radius 3 is 2.75 bits per heavy atom. The lowest BCUT2D eigenvalue weighted by atomic mass is 10.2. The molecule has 1 aliphatic rings. The van der Waals surface area contributed by atoms with Crippen LogP contribution in [0.2, 0.25) is 5.28 Å². The number of thioether (sulfide) groups is 1. The molecule has 0 unspecified atom stereocenters. The van der Waals surface area contributed by atoms with Crippen LogP contribution in [0.3, 0.4) is 0 Å². The first-order valence-corrected chi connectivity index (χ1v) is 9.50. The first-order valence-electron chi connectivity index (χ1n) is 8.31. The number of aromatic nitrogens is 2. The van der Waals surface area contributed by atoms with Crippen LogP contribution in [0.4, 0.5) is 9.18 Å². The summed E-state index contributed by atoms with van der Waals surface area (Å²) in [6.07, 6.45) is 2.50. The average Bonchev–Trinajstić information content (AvgIpc) is 2.93. The number of likely N-dealkylation sites (N-methyl/N-ethyl adjacent to an activating group) is 1. The van der Waals surface area contributed by atoms with E-state index >= 15 is 0 Å². The Balaban J connectivity index is 1.91. The summed E-state index contributed by atoms with van der Waals surface area (Å²) >= 11 is 6.56. The first-order chi connectivity index (χ1) is 13.4. The lowest BCUT2D eigenvalue weighted by molar-refractivity contribution is -0.122. The van der Waals surface area contributed by atoms with Crippen molar-refractivity contribution in [3.63, 3.8) is 0 Å². The number of carbonyl (C=O) groups is 2. The number of amides is 2. The summed E-state index contributed by atoms with van der Waals surface area (Å²) in [5, 5.41) is -0.461. The fourth-order valence-corrected chi connectivity index (χ4v) is 3.43. The summed E-state index contributed by atoms with van der Waals surface area (Å²) in [6.45, 7) is 4.16. The topological polar surface area (TPSA) is 81.6 Å². The van der Waals surface area contributed by atoms with Crippen LogP contribution < -0.4 is 9.47 Å². The van der Waals surface area contributed by atoms with E-state index in [2.05, 4.69) is 9.97 Å². The van der Waals surface area contributed by atoms with Crippen molar-refractivity contribution in [1.82, 2.24) is 14.9 Å². The van der Waals surface area contributed by atoms with Crippen LogP contribution in [0.25, 0.3) is 6.08 Å². The van der Waals surface area contributed by atoms with Crippen molar-refractivity contribution in [2.75, 3.05) is 13.2 Å². The van der Waals surface area contributed by atoms with Gasteiger partial charge in [-0.05, 0) is 61.0 Å². The molecule has 146 valence electrons. The molecule has 0 bridgehead atoms. The molecule has 1 aliphatic heterocycles. The van der Waals surface area contributed by atoms with Crippen molar-refractivity contribution >= 4 is 40.6 Å². The number of halogens is 2. The van der Waals surface area contributed by atoms with Gasteiger partial charge in [-0.15, -0.1) is 0 Å². The highest BCUT2D eigenvalue weighted by atomic mass is 35.5. The van der Waals surface area contributed by atoms with Crippen molar-refractivity contribution in [3.8, 4) is 17.4 Å². The molecule has 10 heteroatoms. The quantitative estimate of drug-likeness (QED) is 0.499. The Morgan fingerprint density at radius 1 is 1.29 bits per heavy atom. The van der Waals surface area contributed by atoms with E-state index in [-0.39, 0.29) is 28.1 Å². The van der Waals surface area contributed by atoms with E-state index in [1.165, 1.54) is 4.90 Å². The Kier molecular flexibility index (Phi) is 6.15. The third-order valence-electron chi connectivity index (χ3n) is 3.64. The van der Waals surface area contributed by atoms with E-state index < -0.39 is 5.82 Å². The molecular weight excluding hydrogens is 409 g/mol. The lowest BCUT2D eigenvalue weighted by Crippen LogP contribution is -2.27. The van der Waals surface area contributed by atoms with Gasteiger partial charge in [-0.1, -0.05) is 6.07 Å². The van der Waals surface area contributed by atoms with Crippen LogP contribution in [0.1, 0.15) is 19.4 Å². The Morgan fingerprint density at radius 2 is 2.07 bits per heavy atom. The van der Waals surface area contributed by atoms with Gasteiger partial charge >= 0.3 is 0 Å². The van der Waals surface area contributed by atoms with Gasteiger partial charge < -0.3 is 9.47 Å². The summed E-state index contributed by atoms with van der Waals surface area (Å²) in [6, 6.07) is 4.83. The van der Waals surface area contributed by atoms with Crippen molar-refractivity contribution in [1.29, 1.82) is 0 Å². The van der Waals surface area contributed by atoms with Crippen LogP contribution in [0.5, 0.6) is 17.4 Å². The summed E-state index contributed by atoms with van der Waals surface area (Å²) < 4.78 is 24.9. The first kappa shape index (κ1) is 20.1. The molecule has 0 radical (unpaired) electrons. The highest BCUT2D eigenvalue weighted by Gasteiger charge is 2.33. The van der Waals surface area contributed by atoms with Gasteiger partial charge in [-0.3, -0.25) is 14.5 Å². The lowest BCUT2D eigenvalue weighted by Gasteiger charge is -2.12. The molecule has 2 amide bonds. The molecule has 0 saturated carbocycles. The number of ether oxygens (including phenoxy) is 2. The van der Waals surface area contributed by atoms with Gasteiger partial charge in [-0.25, -0.2) is 4.98 Å². The molecule has 0 atom stereocenters. The van der Waals surface area contributed by atoms with Gasteiger partial charge in [0.05, 0.1) is 17.7 Å². The van der Waals surface area contributed by atoms with Crippen molar-refractivity contribution < 1.29 is 23.5 Å². The second-order valence-corrected chi connectivity index (χ2v) is 6.79. The smallest absolute Gasteiger partial charge is 0.293 e. The van der Waals surface area contributed by atoms with Gasteiger partial charge in [0.25, 0.3) is 17.0 Å². The molecule has 1 aromatic carbocycles. The zero-order valence-electron chi connectivity index (χ0n) is 14.9. The van der Waals surface area contributed by atoms with E-state index in [4.69, 9.17) is 21.1 Å². The number of nitrogens with zero attached hydrogens (tertiary/aromatic N) is 3. The summed E-state index contributed by atoms with van der Waals surface area (Å²) in [5.41, 5.74) is 0.624. The fraction of sp³-hybridized carbons (Fsp3) is 0.222.